The molecule has 11 nitrogen and oxygen atoms in total. The van der Waals surface area contributed by atoms with Gasteiger partial charge in [0.2, 0.25) is 0 Å². The standard InChI is InChI=1S/C25H33N9O2/c26-21-14-17(16-31-5-7-34(8-6-31)25(29)30)13-20(15-21)24(36)33-11-9-32(10-12-33)23(35)19-3-1-18(2-4-19)22(27)28/h1-4,13-15H,5-12,16,26H2,(H3,27,28)(H3,29,30). The normalized spacial score (nSPS) is 16.6. The van der Waals surface area contributed by atoms with E-state index in [-0.39, 0.29) is 23.6 Å². The van der Waals surface area contributed by atoms with Gasteiger partial charge in [-0.25, -0.2) is 0 Å². The Kier molecular flexibility index (Phi) is 7.39. The highest BCUT2D eigenvalue weighted by Crippen LogP contribution is 2.18. The third kappa shape index (κ3) is 5.74. The molecule has 36 heavy (non-hydrogen) atoms. The van der Waals surface area contributed by atoms with Crippen molar-refractivity contribution in [1.82, 2.24) is 19.6 Å². The third-order valence-electron chi connectivity index (χ3n) is 6.68. The predicted octanol–water partition coefficient (Wildman–Crippen LogP) is 0.162. The van der Waals surface area contributed by atoms with E-state index in [1.165, 1.54) is 0 Å². The van der Waals surface area contributed by atoms with Crippen LogP contribution in [0, 0.1) is 10.8 Å². The highest BCUT2D eigenvalue weighted by atomic mass is 16.2. The molecule has 0 spiro atoms. The van der Waals surface area contributed by atoms with Crippen molar-refractivity contribution in [3.63, 3.8) is 0 Å². The van der Waals surface area contributed by atoms with Crippen LogP contribution in [0.3, 0.4) is 0 Å². The molecule has 8 N–H and O–H groups in total. The number of carbonyl (C=O) groups is 2. The van der Waals surface area contributed by atoms with Crippen LogP contribution in [-0.2, 0) is 6.54 Å². The van der Waals surface area contributed by atoms with Crippen molar-refractivity contribution < 1.29 is 9.59 Å². The fourth-order valence-corrected chi connectivity index (χ4v) is 4.61. The van der Waals surface area contributed by atoms with Crippen molar-refractivity contribution in [2.24, 2.45) is 11.5 Å². The summed E-state index contributed by atoms with van der Waals surface area (Å²) >= 11 is 0. The van der Waals surface area contributed by atoms with Crippen LogP contribution >= 0.6 is 0 Å². The summed E-state index contributed by atoms with van der Waals surface area (Å²) in [6.07, 6.45) is 0. The number of amides is 2. The van der Waals surface area contributed by atoms with Gasteiger partial charge in [0.15, 0.2) is 5.96 Å². The average molecular weight is 492 g/mol. The molecule has 0 aromatic heterocycles. The second kappa shape index (κ2) is 10.6. The Bertz CT molecular complexity index is 1150. The lowest BCUT2D eigenvalue weighted by Crippen LogP contribution is -2.50. The molecule has 2 heterocycles. The number of piperazine rings is 2. The van der Waals surface area contributed by atoms with Crippen molar-refractivity contribution >= 4 is 29.3 Å². The van der Waals surface area contributed by atoms with Crippen LogP contribution in [0.1, 0.15) is 31.8 Å². The van der Waals surface area contributed by atoms with Crippen molar-refractivity contribution in [3.8, 4) is 0 Å². The van der Waals surface area contributed by atoms with Gasteiger partial charge in [-0.15, -0.1) is 0 Å². The molecule has 2 aliphatic heterocycles. The van der Waals surface area contributed by atoms with Crippen LogP contribution < -0.4 is 17.2 Å². The minimum absolute atomic E-state index is 0.0404. The first-order valence-corrected chi connectivity index (χ1v) is 11.9. The van der Waals surface area contributed by atoms with Crippen LogP contribution in [0.5, 0.6) is 0 Å². The van der Waals surface area contributed by atoms with Crippen LogP contribution in [0.15, 0.2) is 42.5 Å². The minimum atomic E-state index is -0.103. The Morgan fingerprint density at radius 3 is 1.72 bits per heavy atom. The number of hydrogen-bond acceptors (Lipinski definition) is 6. The first kappa shape index (κ1) is 25.0. The number of guanidine groups is 1. The SMILES string of the molecule is N=C(N)c1ccc(C(=O)N2CCN(C(=O)c3cc(N)cc(CN4CCN(C(=N)N)CC4)c3)CC2)cc1. The van der Waals surface area contributed by atoms with Gasteiger partial charge in [-0.1, -0.05) is 12.1 Å². The molecule has 4 rings (SSSR count). The summed E-state index contributed by atoms with van der Waals surface area (Å²) in [5.74, 6) is -0.142. The number of benzene rings is 2. The lowest BCUT2D eigenvalue weighted by Gasteiger charge is -2.35. The lowest BCUT2D eigenvalue weighted by atomic mass is 10.1. The van der Waals surface area contributed by atoms with E-state index in [1.807, 2.05) is 17.0 Å². The van der Waals surface area contributed by atoms with Gasteiger partial charge < -0.3 is 31.9 Å². The summed E-state index contributed by atoms with van der Waals surface area (Å²) < 4.78 is 0. The Morgan fingerprint density at radius 2 is 1.19 bits per heavy atom. The summed E-state index contributed by atoms with van der Waals surface area (Å²) in [5.41, 5.74) is 20.4. The molecule has 2 aromatic rings. The van der Waals surface area contributed by atoms with E-state index in [4.69, 9.17) is 28.0 Å². The molecule has 0 aliphatic carbocycles. The number of nitrogens with zero attached hydrogens (tertiary/aromatic N) is 4. The Morgan fingerprint density at radius 1 is 0.694 bits per heavy atom. The molecular weight excluding hydrogens is 458 g/mol. The Balaban J connectivity index is 1.34. The van der Waals surface area contributed by atoms with Gasteiger partial charge in [0.25, 0.3) is 11.8 Å². The molecule has 2 aromatic carbocycles. The van der Waals surface area contributed by atoms with Crippen molar-refractivity contribution in [2.45, 2.75) is 6.54 Å². The molecule has 0 bridgehead atoms. The number of nitrogens with one attached hydrogen (secondary N) is 2. The number of carbonyl (C=O) groups excluding carboxylic acids is 2. The van der Waals surface area contributed by atoms with Gasteiger partial charge in [-0.2, -0.15) is 0 Å². The van der Waals surface area contributed by atoms with Gasteiger partial charge in [-0.3, -0.25) is 25.3 Å². The molecule has 2 saturated heterocycles. The van der Waals surface area contributed by atoms with E-state index in [2.05, 4.69) is 4.90 Å². The summed E-state index contributed by atoms with van der Waals surface area (Å²) in [6, 6.07) is 12.2. The van der Waals surface area contributed by atoms with E-state index in [0.717, 1.165) is 18.7 Å². The second-order valence-electron chi connectivity index (χ2n) is 9.19. The molecule has 0 atom stereocenters. The fourth-order valence-electron chi connectivity index (χ4n) is 4.61. The lowest BCUT2D eigenvalue weighted by molar-refractivity contribution is 0.0535. The molecule has 0 radical (unpaired) electrons. The van der Waals surface area contributed by atoms with Crippen LogP contribution in [-0.4, -0.2) is 95.6 Å². The summed E-state index contributed by atoms with van der Waals surface area (Å²) in [7, 11) is 0. The maximum absolute atomic E-state index is 13.2. The molecule has 190 valence electrons. The maximum Gasteiger partial charge on any atom is 0.254 e. The number of rotatable bonds is 5. The zero-order valence-electron chi connectivity index (χ0n) is 20.2. The third-order valence-corrected chi connectivity index (χ3v) is 6.68. The summed E-state index contributed by atoms with van der Waals surface area (Å²) in [5, 5.41) is 15.0. The highest BCUT2D eigenvalue weighted by Gasteiger charge is 2.26. The van der Waals surface area contributed by atoms with Gasteiger partial charge in [0, 0.05) is 81.3 Å². The number of nitrogens with two attached hydrogens (primary N) is 3. The number of amidine groups is 1. The molecule has 0 saturated carbocycles. The van der Waals surface area contributed by atoms with Gasteiger partial charge in [0.05, 0.1) is 0 Å². The molecular formula is C25H33N9O2. The molecule has 2 amide bonds. The monoisotopic (exact) mass is 491 g/mol. The molecule has 2 aliphatic rings. The number of nitrogen functional groups attached to an aromatic ring is 2. The van der Waals surface area contributed by atoms with E-state index in [9.17, 15) is 9.59 Å². The Hall–Kier alpha value is -4.12. The van der Waals surface area contributed by atoms with Crippen LogP contribution in [0.4, 0.5) is 5.69 Å². The summed E-state index contributed by atoms with van der Waals surface area (Å²) in [6.45, 7) is 5.39. The van der Waals surface area contributed by atoms with Crippen LogP contribution in [0.25, 0.3) is 0 Å². The average Bonchev–Trinajstić information content (AvgIpc) is 2.88. The van der Waals surface area contributed by atoms with E-state index < -0.39 is 0 Å². The largest absolute Gasteiger partial charge is 0.399 e. The second-order valence-corrected chi connectivity index (χ2v) is 9.19. The summed E-state index contributed by atoms with van der Waals surface area (Å²) in [4.78, 5) is 33.7. The smallest absolute Gasteiger partial charge is 0.254 e. The zero-order chi connectivity index (χ0) is 25.8. The molecule has 0 unspecified atom stereocenters. The van der Waals surface area contributed by atoms with Crippen LogP contribution in [0.2, 0.25) is 0 Å². The van der Waals surface area contributed by atoms with Gasteiger partial charge in [-0.05, 0) is 35.9 Å². The van der Waals surface area contributed by atoms with E-state index in [1.54, 1.807) is 40.1 Å². The zero-order valence-corrected chi connectivity index (χ0v) is 20.2. The predicted molar refractivity (Wildman–Crippen MR) is 139 cm³/mol. The van der Waals surface area contributed by atoms with Crippen molar-refractivity contribution in [3.05, 3.63) is 64.7 Å². The molecule has 11 heteroatoms. The number of hydrogen-bond donors (Lipinski definition) is 5. The highest BCUT2D eigenvalue weighted by molar-refractivity contribution is 5.98. The quantitative estimate of drug-likeness (QED) is 0.225. The number of anilines is 1. The maximum atomic E-state index is 13.2. The molecule has 2 fully saturated rings. The fraction of sp³-hybridized carbons (Fsp3) is 0.360. The minimum Gasteiger partial charge on any atom is -0.399 e. The topological polar surface area (TPSA) is 173 Å². The Labute approximate surface area is 210 Å². The van der Waals surface area contributed by atoms with Crippen molar-refractivity contribution in [1.29, 1.82) is 10.8 Å². The van der Waals surface area contributed by atoms with Crippen molar-refractivity contribution in [2.75, 3.05) is 58.1 Å². The van der Waals surface area contributed by atoms with E-state index in [0.29, 0.717) is 68.2 Å². The van der Waals surface area contributed by atoms with Gasteiger partial charge in [0.1, 0.15) is 5.84 Å². The first-order chi connectivity index (χ1) is 17.2. The van der Waals surface area contributed by atoms with E-state index >= 15 is 0 Å². The first-order valence-electron chi connectivity index (χ1n) is 11.9. The van der Waals surface area contributed by atoms with Gasteiger partial charge >= 0.3 is 0 Å².